The zero-order valence-corrected chi connectivity index (χ0v) is 19.1. The number of benzene rings is 1. The average Bonchev–Trinajstić information content (AvgIpc) is 2.69. The van der Waals surface area contributed by atoms with Crippen molar-refractivity contribution in [1.29, 1.82) is 0 Å². The van der Waals surface area contributed by atoms with E-state index in [1.807, 2.05) is 37.4 Å². The van der Waals surface area contributed by atoms with Gasteiger partial charge in [-0.05, 0) is 54.5 Å². The molecule has 1 heterocycles. The smallest absolute Gasteiger partial charge is 0.191 e. The summed E-state index contributed by atoms with van der Waals surface area (Å²) in [5.74, 6) is 1.71. The fraction of sp³-hybridized carbons (Fsp3) is 0.455. The van der Waals surface area contributed by atoms with Crippen molar-refractivity contribution in [2.45, 2.75) is 45.8 Å². The Morgan fingerprint density at radius 2 is 1.93 bits per heavy atom. The van der Waals surface area contributed by atoms with Crippen molar-refractivity contribution in [3.8, 4) is 5.75 Å². The molecule has 1 saturated carbocycles. The van der Waals surface area contributed by atoms with Crippen LogP contribution < -0.4 is 15.4 Å². The van der Waals surface area contributed by atoms with Crippen LogP contribution in [0.15, 0.2) is 53.7 Å². The summed E-state index contributed by atoms with van der Waals surface area (Å²) < 4.78 is 5.78. The summed E-state index contributed by atoms with van der Waals surface area (Å²) in [4.78, 5) is 8.61. The molecule has 1 aromatic heterocycles. The predicted octanol–water partition coefficient (Wildman–Crippen LogP) is 4.52. The number of aromatic nitrogens is 1. The van der Waals surface area contributed by atoms with Gasteiger partial charge in [0, 0.05) is 26.3 Å². The lowest BCUT2D eigenvalue weighted by atomic mass is 9.67. The molecule has 1 aliphatic rings. The van der Waals surface area contributed by atoms with Gasteiger partial charge in [-0.15, -0.1) is 24.0 Å². The van der Waals surface area contributed by atoms with Gasteiger partial charge in [0.25, 0.3) is 0 Å². The highest BCUT2D eigenvalue weighted by Crippen LogP contribution is 2.42. The van der Waals surface area contributed by atoms with Gasteiger partial charge >= 0.3 is 0 Å². The molecule has 0 amide bonds. The number of rotatable bonds is 8. The number of guanidine groups is 1. The molecule has 152 valence electrons. The second-order valence-electron chi connectivity index (χ2n) is 7.24. The number of pyridine rings is 1. The number of nitrogens with one attached hydrogen (secondary N) is 2. The Morgan fingerprint density at radius 3 is 2.50 bits per heavy atom. The number of ether oxygens (including phenoxy) is 1. The van der Waals surface area contributed by atoms with Crippen LogP contribution in [-0.4, -0.2) is 24.5 Å². The van der Waals surface area contributed by atoms with E-state index in [4.69, 9.17) is 4.74 Å². The molecule has 1 aromatic carbocycles. The molecule has 0 radical (unpaired) electrons. The number of aliphatic imine (C=N–C) groups is 1. The van der Waals surface area contributed by atoms with Gasteiger partial charge in [0.05, 0.1) is 5.69 Å². The van der Waals surface area contributed by atoms with E-state index in [1.165, 1.54) is 31.2 Å². The van der Waals surface area contributed by atoms with Gasteiger partial charge in [-0.2, -0.15) is 0 Å². The Bertz CT molecular complexity index is 724. The molecule has 1 aliphatic carbocycles. The van der Waals surface area contributed by atoms with Crippen LogP contribution in [0.2, 0.25) is 0 Å². The van der Waals surface area contributed by atoms with E-state index in [0.717, 1.165) is 30.5 Å². The minimum Gasteiger partial charge on any atom is -0.487 e. The highest BCUT2D eigenvalue weighted by molar-refractivity contribution is 14.0. The van der Waals surface area contributed by atoms with E-state index >= 15 is 0 Å². The average molecular weight is 494 g/mol. The van der Waals surface area contributed by atoms with E-state index in [0.29, 0.717) is 12.0 Å². The summed E-state index contributed by atoms with van der Waals surface area (Å²) in [6.07, 6.45) is 7.02. The minimum absolute atomic E-state index is 0. The zero-order chi connectivity index (χ0) is 19.0. The van der Waals surface area contributed by atoms with Gasteiger partial charge in [-0.25, -0.2) is 0 Å². The van der Waals surface area contributed by atoms with Gasteiger partial charge in [0.2, 0.25) is 0 Å². The van der Waals surface area contributed by atoms with Gasteiger partial charge < -0.3 is 15.4 Å². The lowest BCUT2D eigenvalue weighted by molar-refractivity contribution is 0.131. The zero-order valence-electron chi connectivity index (χ0n) is 16.8. The van der Waals surface area contributed by atoms with Crippen molar-refractivity contribution in [1.82, 2.24) is 15.6 Å². The van der Waals surface area contributed by atoms with E-state index in [2.05, 4.69) is 39.7 Å². The largest absolute Gasteiger partial charge is 0.487 e. The molecular formula is C22H31IN4O. The third kappa shape index (κ3) is 6.36. The fourth-order valence-electron chi connectivity index (χ4n) is 3.35. The van der Waals surface area contributed by atoms with Crippen molar-refractivity contribution in [3.05, 3.63) is 59.9 Å². The normalized spacial score (nSPS) is 15.1. The Labute approximate surface area is 185 Å². The summed E-state index contributed by atoms with van der Waals surface area (Å²) >= 11 is 0. The predicted molar refractivity (Wildman–Crippen MR) is 125 cm³/mol. The summed E-state index contributed by atoms with van der Waals surface area (Å²) in [5, 5.41) is 6.89. The Morgan fingerprint density at radius 1 is 1.14 bits per heavy atom. The topological polar surface area (TPSA) is 58.5 Å². The monoisotopic (exact) mass is 494 g/mol. The maximum atomic E-state index is 5.78. The van der Waals surface area contributed by atoms with Crippen LogP contribution in [0.1, 0.15) is 43.9 Å². The standard InChI is InChI=1S/C22H30N4O.HI/c1-3-22(12-6-13-22)17-26-21(23-2)25-15-18-8-10-20(11-9-18)27-16-19-7-4-5-14-24-19;/h4-5,7-11,14H,3,6,12-13,15-17H2,1-2H3,(H2,23,25,26);1H. The maximum absolute atomic E-state index is 5.78. The number of hydrogen-bond donors (Lipinski definition) is 2. The summed E-state index contributed by atoms with van der Waals surface area (Å²) in [6, 6.07) is 14.0. The molecule has 0 unspecified atom stereocenters. The van der Waals surface area contributed by atoms with Crippen molar-refractivity contribution in [2.24, 2.45) is 10.4 Å². The molecule has 2 aromatic rings. The molecule has 0 saturated heterocycles. The van der Waals surface area contributed by atoms with Crippen molar-refractivity contribution in [2.75, 3.05) is 13.6 Å². The van der Waals surface area contributed by atoms with Gasteiger partial charge in [-0.3, -0.25) is 9.98 Å². The van der Waals surface area contributed by atoms with Crippen molar-refractivity contribution >= 4 is 29.9 Å². The van der Waals surface area contributed by atoms with E-state index < -0.39 is 0 Å². The second kappa shape index (κ2) is 11.2. The molecule has 28 heavy (non-hydrogen) atoms. The molecule has 1 fully saturated rings. The maximum Gasteiger partial charge on any atom is 0.191 e. The Hall–Kier alpha value is -1.83. The van der Waals surface area contributed by atoms with Crippen LogP contribution in [0.25, 0.3) is 0 Å². The molecule has 5 nitrogen and oxygen atoms in total. The minimum atomic E-state index is 0. The summed E-state index contributed by atoms with van der Waals surface area (Å²) in [6.45, 7) is 4.51. The lowest BCUT2D eigenvalue weighted by Gasteiger charge is -2.41. The summed E-state index contributed by atoms with van der Waals surface area (Å²) in [5.41, 5.74) is 2.59. The lowest BCUT2D eigenvalue weighted by Crippen LogP contribution is -2.46. The molecule has 6 heteroatoms. The first-order chi connectivity index (χ1) is 13.2. The Kier molecular flexibility index (Phi) is 9.02. The van der Waals surface area contributed by atoms with Crippen LogP contribution in [0.4, 0.5) is 0 Å². The molecule has 0 spiro atoms. The number of hydrogen-bond acceptors (Lipinski definition) is 3. The van der Waals surface area contributed by atoms with Gasteiger partial charge in [0.1, 0.15) is 12.4 Å². The molecule has 2 N–H and O–H groups in total. The molecule has 0 bridgehead atoms. The van der Waals surface area contributed by atoms with E-state index in [9.17, 15) is 0 Å². The second-order valence-corrected chi connectivity index (χ2v) is 7.24. The first-order valence-electron chi connectivity index (χ1n) is 9.79. The van der Waals surface area contributed by atoms with Gasteiger partial charge in [-0.1, -0.05) is 31.5 Å². The van der Waals surface area contributed by atoms with Crippen LogP contribution in [0, 0.1) is 5.41 Å². The van der Waals surface area contributed by atoms with Crippen LogP contribution in [0.3, 0.4) is 0 Å². The fourth-order valence-corrected chi connectivity index (χ4v) is 3.35. The molecule has 3 rings (SSSR count). The first-order valence-corrected chi connectivity index (χ1v) is 9.79. The summed E-state index contributed by atoms with van der Waals surface area (Å²) in [7, 11) is 1.82. The van der Waals surface area contributed by atoms with E-state index in [1.54, 1.807) is 6.20 Å². The first kappa shape index (κ1) is 22.5. The SMILES string of the molecule is CCC1(CNC(=NC)NCc2ccc(OCc3ccccn3)cc2)CCC1.I. The van der Waals surface area contributed by atoms with Crippen molar-refractivity contribution in [3.63, 3.8) is 0 Å². The number of nitrogens with zero attached hydrogens (tertiary/aromatic N) is 2. The quantitative estimate of drug-likeness (QED) is 0.322. The molecule has 0 aliphatic heterocycles. The highest BCUT2D eigenvalue weighted by atomic mass is 127. The Balaban J connectivity index is 0.00000280. The van der Waals surface area contributed by atoms with Gasteiger partial charge in [0.15, 0.2) is 5.96 Å². The highest BCUT2D eigenvalue weighted by Gasteiger charge is 2.34. The van der Waals surface area contributed by atoms with E-state index in [-0.39, 0.29) is 24.0 Å². The number of halogens is 1. The van der Waals surface area contributed by atoms with Crippen molar-refractivity contribution < 1.29 is 4.74 Å². The van der Waals surface area contributed by atoms with Crippen LogP contribution >= 0.6 is 24.0 Å². The third-order valence-corrected chi connectivity index (χ3v) is 5.51. The van der Waals surface area contributed by atoms with Crippen LogP contribution in [0.5, 0.6) is 5.75 Å². The third-order valence-electron chi connectivity index (χ3n) is 5.51. The van der Waals surface area contributed by atoms with Crippen LogP contribution in [-0.2, 0) is 13.2 Å². The molecular weight excluding hydrogens is 463 g/mol. The molecule has 0 atom stereocenters.